The summed E-state index contributed by atoms with van der Waals surface area (Å²) in [6.07, 6.45) is 13.5. The minimum atomic E-state index is 0.231. The van der Waals surface area contributed by atoms with E-state index in [9.17, 15) is 0 Å². The van der Waals surface area contributed by atoms with Gasteiger partial charge in [0, 0.05) is 5.92 Å². The lowest BCUT2D eigenvalue weighted by Crippen LogP contribution is -2.01. The summed E-state index contributed by atoms with van der Waals surface area (Å²) >= 11 is 0. The maximum absolute atomic E-state index is 2.33. The van der Waals surface area contributed by atoms with E-state index in [2.05, 4.69) is 98.8 Å². The molecule has 0 radical (unpaired) electrons. The normalized spacial score (nSPS) is 21.4. The van der Waals surface area contributed by atoms with Crippen molar-refractivity contribution in [1.29, 1.82) is 0 Å². The Kier molecular flexibility index (Phi) is 5.84. The van der Waals surface area contributed by atoms with Crippen LogP contribution in [0.15, 0.2) is 58.7 Å². The van der Waals surface area contributed by atoms with Crippen LogP contribution in [0.3, 0.4) is 0 Å². The maximum atomic E-state index is 2.33. The molecule has 0 heteroatoms. The molecule has 0 aromatic rings. The van der Waals surface area contributed by atoms with Crippen molar-refractivity contribution in [3.63, 3.8) is 0 Å². The first-order valence-corrected chi connectivity index (χ1v) is 8.39. The first kappa shape index (κ1) is 18.7. The van der Waals surface area contributed by atoms with Crippen LogP contribution >= 0.6 is 0 Å². The van der Waals surface area contributed by atoms with Gasteiger partial charge >= 0.3 is 0 Å². The molecule has 0 saturated carbocycles. The fourth-order valence-corrected chi connectivity index (χ4v) is 2.63. The number of hydrogen-bond acceptors (Lipinski definition) is 0. The van der Waals surface area contributed by atoms with Crippen molar-refractivity contribution in [3.05, 3.63) is 58.7 Å². The van der Waals surface area contributed by atoms with Crippen LogP contribution < -0.4 is 0 Å². The van der Waals surface area contributed by atoms with Crippen molar-refractivity contribution in [1.82, 2.24) is 0 Å². The average molecular weight is 299 g/mol. The van der Waals surface area contributed by atoms with Crippen LogP contribution in [0.4, 0.5) is 0 Å². The summed E-state index contributed by atoms with van der Waals surface area (Å²) in [5, 5.41) is 0. The van der Waals surface area contributed by atoms with E-state index in [1.54, 1.807) is 0 Å². The van der Waals surface area contributed by atoms with E-state index in [-0.39, 0.29) is 10.8 Å². The molecule has 1 unspecified atom stereocenters. The van der Waals surface area contributed by atoms with E-state index in [0.29, 0.717) is 5.92 Å². The lowest BCUT2D eigenvalue weighted by molar-refractivity contribution is 0.543. The summed E-state index contributed by atoms with van der Waals surface area (Å²) in [6.45, 7) is 20.2. The molecule has 0 aromatic carbocycles. The van der Waals surface area contributed by atoms with Crippen LogP contribution in [0.1, 0.15) is 62.3 Å². The van der Waals surface area contributed by atoms with E-state index < -0.39 is 0 Å². The second kappa shape index (κ2) is 6.86. The van der Waals surface area contributed by atoms with Crippen molar-refractivity contribution in [2.75, 3.05) is 0 Å². The molecule has 1 aliphatic rings. The van der Waals surface area contributed by atoms with E-state index in [1.165, 1.54) is 22.3 Å². The molecule has 0 nitrogen and oxygen atoms in total. The fraction of sp³-hybridized carbons (Fsp3) is 0.545. The molecule has 1 aliphatic carbocycles. The zero-order chi connectivity index (χ0) is 17.1. The van der Waals surface area contributed by atoms with E-state index in [0.717, 1.165) is 0 Å². The van der Waals surface area contributed by atoms with Crippen LogP contribution in [0, 0.1) is 16.7 Å². The second-order valence-electron chi connectivity index (χ2n) is 8.67. The van der Waals surface area contributed by atoms with Gasteiger partial charge in [0.2, 0.25) is 0 Å². The number of hydrogen-bond donors (Lipinski definition) is 0. The van der Waals surface area contributed by atoms with Crippen LogP contribution in [-0.4, -0.2) is 0 Å². The third-order valence-corrected chi connectivity index (χ3v) is 4.11. The van der Waals surface area contributed by atoms with Gasteiger partial charge in [0.15, 0.2) is 0 Å². The zero-order valence-corrected chi connectivity index (χ0v) is 16.0. The maximum Gasteiger partial charge on any atom is 0.00663 e. The van der Waals surface area contributed by atoms with Gasteiger partial charge < -0.3 is 0 Å². The monoisotopic (exact) mass is 298 g/mol. The Hall–Kier alpha value is -1.30. The highest BCUT2D eigenvalue weighted by Crippen LogP contribution is 2.38. The summed E-state index contributed by atoms with van der Waals surface area (Å²) in [5.41, 5.74) is 6.25. The third-order valence-electron chi connectivity index (χ3n) is 4.11. The van der Waals surface area contributed by atoms with Crippen molar-refractivity contribution in [2.24, 2.45) is 16.7 Å². The molecule has 0 aromatic heterocycles. The zero-order valence-electron chi connectivity index (χ0n) is 16.0. The lowest BCUT2D eigenvalue weighted by atomic mass is 9.91. The molecule has 122 valence electrons. The molecule has 22 heavy (non-hydrogen) atoms. The third kappa shape index (κ3) is 5.48. The molecule has 0 aliphatic heterocycles. The number of rotatable bonds is 3. The molecule has 0 bridgehead atoms. The summed E-state index contributed by atoms with van der Waals surface area (Å²) in [6, 6.07) is 0. The highest BCUT2D eigenvalue weighted by molar-refractivity contribution is 5.55. The van der Waals surface area contributed by atoms with Gasteiger partial charge in [0.25, 0.3) is 0 Å². The van der Waals surface area contributed by atoms with E-state index in [1.807, 2.05) is 0 Å². The Morgan fingerprint density at radius 3 is 1.59 bits per heavy atom. The molecule has 0 saturated heterocycles. The van der Waals surface area contributed by atoms with Crippen LogP contribution in [0.5, 0.6) is 0 Å². The Morgan fingerprint density at radius 1 is 0.682 bits per heavy atom. The standard InChI is InChI=1S/C22H34/c1-16-17(2)20(13-15-22(7,8)9)18(3)19(16)12-10-11-14-21(4,5)6/h10-15,18H,1-9H3/b12-10+,14-11+,15-13+. The van der Waals surface area contributed by atoms with Gasteiger partial charge in [-0.15, -0.1) is 0 Å². The SMILES string of the molecule is CC1=C(/C=C/C=C/C(C)(C)C)C(C)C(/C=C/C(C)(C)C)=C1C. The molecular weight excluding hydrogens is 264 g/mol. The molecule has 0 N–H and O–H groups in total. The van der Waals surface area contributed by atoms with Crippen LogP contribution in [-0.2, 0) is 0 Å². The Labute approximate surface area is 138 Å². The van der Waals surface area contributed by atoms with E-state index in [4.69, 9.17) is 0 Å². The summed E-state index contributed by atoms with van der Waals surface area (Å²) in [7, 11) is 0. The first-order chi connectivity index (χ1) is 9.92. The summed E-state index contributed by atoms with van der Waals surface area (Å²) in [5.74, 6) is 0.484. The predicted molar refractivity (Wildman–Crippen MR) is 101 cm³/mol. The molecule has 1 rings (SSSR count). The summed E-state index contributed by atoms with van der Waals surface area (Å²) < 4.78 is 0. The highest BCUT2D eigenvalue weighted by Gasteiger charge is 2.23. The van der Waals surface area contributed by atoms with E-state index >= 15 is 0 Å². The van der Waals surface area contributed by atoms with Gasteiger partial charge in [0.05, 0.1) is 0 Å². The quantitative estimate of drug-likeness (QED) is 0.491. The van der Waals surface area contributed by atoms with Crippen molar-refractivity contribution >= 4 is 0 Å². The number of allylic oxidation sites excluding steroid dienone is 10. The minimum absolute atomic E-state index is 0.231. The molecule has 0 spiro atoms. The Bertz CT molecular complexity index is 546. The highest BCUT2D eigenvalue weighted by atomic mass is 14.3. The molecule has 0 heterocycles. The smallest absolute Gasteiger partial charge is 0.00663 e. The van der Waals surface area contributed by atoms with Crippen molar-refractivity contribution < 1.29 is 0 Å². The Morgan fingerprint density at radius 2 is 1.14 bits per heavy atom. The van der Waals surface area contributed by atoms with Gasteiger partial charge in [-0.3, -0.25) is 0 Å². The average Bonchev–Trinajstić information content (AvgIpc) is 2.53. The van der Waals surface area contributed by atoms with Gasteiger partial charge in [0.1, 0.15) is 0 Å². The fourth-order valence-electron chi connectivity index (χ4n) is 2.63. The summed E-state index contributed by atoms with van der Waals surface area (Å²) in [4.78, 5) is 0. The van der Waals surface area contributed by atoms with Gasteiger partial charge in [-0.25, -0.2) is 0 Å². The van der Waals surface area contributed by atoms with Crippen LogP contribution in [0.25, 0.3) is 0 Å². The first-order valence-electron chi connectivity index (χ1n) is 8.39. The van der Waals surface area contributed by atoms with Crippen molar-refractivity contribution in [2.45, 2.75) is 62.3 Å². The molecule has 1 atom stereocenters. The van der Waals surface area contributed by atoms with Crippen LogP contribution in [0.2, 0.25) is 0 Å². The predicted octanol–water partition coefficient (Wildman–Crippen LogP) is 7.03. The van der Waals surface area contributed by atoms with Gasteiger partial charge in [-0.05, 0) is 47.0 Å². The van der Waals surface area contributed by atoms with Crippen molar-refractivity contribution in [3.8, 4) is 0 Å². The molecule has 0 fully saturated rings. The van der Waals surface area contributed by atoms with Gasteiger partial charge in [-0.1, -0.05) is 84.9 Å². The lowest BCUT2D eigenvalue weighted by Gasteiger charge is -2.14. The largest absolute Gasteiger partial charge is 0.0791 e. The molecule has 0 amide bonds. The second-order valence-corrected chi connectivity index (χ2v) is 8.67. The minimum Gasteiger partial charge on any atom is -0.0791 e. The van der Waals surface area contributed by atoms with Gasteiger partial charge in [-0.2, -0.15) is 0 Å². The molecular formula is C22H34. The topological polar surface area (TPSA) is 0 Å². The Balaban J connectivity index is 2.93.